The molecule has 8 heteroatoms. The summed E-state index contributed by atoms with van der Waals surface area (Å²) in [6.07, 6.45) is 5.41. The Bertz CT molecular complexity index is 1190. The summed E-state index contributed by atoms with van der Waals surface area (Å²) in [5, 5.41) is 18.6. The number of ketones is 1. The number of rotatable bonds is 6. The molecule has 4 saturated carbocycles. The van der Waals surface area contributed by atoms with Crippen LogP contribution in [-0.4, -0.2) is 60.7 Å². The summed E-state index contributed by atoms with van der Waals surface area (Å²) < 4.78 is 16.4. The quantitative estimate of drug-likeness (QED) is 0.355. The van der Waals surface area contributed by atoms with E-state index >= 15 is 0 Å². The maximum atomic E-state index is 13.5. The van der Waals surface area contributed by atoms with E-state index < -0.39 is 24.3 Å². The van der Waals surface area contributed by atoms with Crippen molar-refractivity contribution in [3.63, 3.8) is 0 Å². The van der Waals surface area contributed by atoms with E-state index in [4.69, 9.17) is 19.3 Å². The lowest BCUT2D eigenvalue weighted by molar-refractivity contribution is -0.230. The summed E-state index contributed by atoms with van der Waals surface area (Å²) in [4.78, 5) is 39.5. The first kappa shape index (κ1) is 32.5. The molecule has 8 nitrogen and oxygen atoms in total. The topological polar surface area (TPSA) is 119 Å². The molecule has 0 radical (unpaired) electrons. The predicted octanol–water partition coefficient (Wildman–Crippen LogP) is 6.02. The Morgan fingerprint density at radius 3 is 2.26 bits per heavy atom. The molecule has 9 unspecified atom stereocenters. The van der Waals surface area contributed by atoms with Crippen molar-refractivity contribution < 1.29 is 38.8 Å². The number of Topliss-reactive ketones (excluding diaryl/α,β-unsaturated/α-hetero) is 1. The molecule has 0 bridgehead atoms. The normalized spacial score (nSPS) is 42.3. The largest absolute Gasteiger partial charge is 0.508 e. The number of aliphatic hydroxyl groups is 2. The van der Waals surface area contributed by atoms with E-state index in [0.717, 1.165) is 56.1 Å². The van der Waals surface area contributed by atoms with E-state index in [0.29, 0.717) is 18.3 Å². The SMILES string of the molecule is COC(=O)C12CCC3(C)C(CCC4C5(C)CCC(OC(=O)OCC(O)CO)C(C)(C)C5CCC43C)C1=C(C(C)C)C(=O)C2. The highest BCUT2D eigenvalue weighted by molar-refractivity contribution is 6.05. The zero-order valence-corrected chi connectivity index (χ0v) is 27.6. The molecule has 9 atom stereocenters. The summed E-state index contributed by atoms with van der Waals surface area (Å²) in [5.74, 6) is 0.974. The molecule has 0 heterocycles. The lowest BCUT2D eigenvalue weighted by Gasteiger charge is -2.72. The Kier molecular flexibility index (Phi) is 8.19. The fraction of sp³-hybridized carbons (Fsp3) is 0.857. The third kappa shape index (κ3) is 4.54. The highest BCUT2D eigenvalue weighted by atomic mass is 16.7. The van der Waals surface area contributed by atoms with Gasteiger partial charge in [0.25, 0.3) is 0 Å². The fourth-order valence-electron chi connectivity index (χ4n) is 11.6. The minimum absolute atomic E-state index is 0.0350. The van der Waals surface area contributed by atoms with Crippen LogP contribution < -0.4 is 0 Å². The van der Waals surface area contributed by atoms with Crippen LogP contribution in [0.2, 0.25) is 0 Å². The van der Waals surface area contributed by atoms with Crippen LogP contribution in [-0.2, 0) is 23.8 Å². The Labute approximate surface area is 257 Å². The van der Waals surface area contributed by atoms with Crippen LogP contribution in [0.5, 0.6) is 0 Å². The van der Waals surface area contributed by atoms with E-state index in [2.05, 4.69) is 48.5 Å². The highest BCUT2D eigenvalue weighted by Crippen LogP contribution is 2.76. The molecular weight excluding hydrogens is 548 g/mol. The number of methoxy groups -OCH3 is 1. The van der Waals surface area contributed by atoms with Gasteiger partial charge in [-0.25, -0.2) is 4.79 Å². The van der Waals surface area contributed by atoms with E-state index in [1.54, 1.807) is 0 Å². The third-order valence-electron chi connectivity index (χ3n) is 13.8. The second kappa shape index (κ2) is 10.9. The number of fused-ring (bicyclic) bond motifs is 7. The molecule has 0 aliphatic heterocycles. The van der Waals surface area contributed by atoms with Crippen molar-refractivity contribution in [1.82, 2.24) is 0 Å². The minimum atomic E-state index is -1.12. The average molecular weight is 603 g/mol. The summed E-state index contributed by atoms with van der Waals surface area (Å²) in [5.41, 5.74) is 0.975. The maximum absolute atomic E-state index is 13.5. The summed E-state index contributed by atoms with van der Waals surface area (Å²) in [6, 6.07) is 0. The van der Waals surface area contributed by atoms with Gasteiger partial charge in [-0.05, 0) is 102 Å². The van der Waals surface area contributed by atoms with Crippen molar-refractivity contribution in [2.45, 2.75) is 118 Å². The molecular formula is C35H54O8. The average Bonchev–Trinajstić information content (AvgIpc) is 3.26. The van der Waals surface area contributed by atoms with Gasteiger partial charge >= 0.3 is 12.1 Å². The molecule has 242 valence electrons. The molecule has 5 rings (SSSR count). The molecule has 0 aromatic carbocycles. The van der Waals surface area contributed by atoms with Gasteiger partial charge in [0.15, 0.2) is 5.78 Å². The number of ether oxygens (including phenoxy) is 3. The van der Waals surface area contributed by atoms with Gasteiger partial charge in [-0.3, -0.25) is 9.59 Å². The van der Waals surface area contributed by atoms with Gasteiger partial charge in [-0.2, -0.15) is 0 Å². The molecule has 4 fully saturated rings. The molecule has 2 N–H and O–H groups in total. The maximum Gasteiger partial charge on any atom is 0.508 e. The molecule has 0 amide bonds. The lowest BCUT2D eigenvalue weighted by Crippen LogP contribution is -2.66. The van der Waals surface area contributed by atoms with E-state index in [9.17, 15) is 19.5 Å². The lowest BCUT2D eigenvalue weighted by atomic mass is 9.33. The predicted molar refractivity (Wildman–Crippen MR) is 161 cm³/mol. The first-order valence-electron chi connectivity index (χ1n) is 16.5. The van der Waals surface area contributed by atoms with Crippen molar-refractivity contribution in [3.05, 3.63) is 11.1 Å². The number of carbonyl (C=O) groups is 3. The highest BCUT2D eigenvalue weighted by Gasteiger charge is 2.71. The van der Waals surface area contributed by atoms with Crippen LogP contribution in [0.4, 0.5) is 4.79 Å². The zero-order valence-electron chi connectivity index (χ0n) is 27.6. The zero-order chi connectivity index (χ0) is 31.8. The van der Waals surface area contributed by atoms with Gasteiger partial charge in [0.05, 0.1) is 19.1 Å². The van der Waals surface area contributed by atoms with Crippen molar-refractivity contribution in [2.75, 3.05) is 20.3 Å². The smallest absolute Gasteiger partial charge is 0.468 e. The van der Waals surface area contributed by atoms with Crippen molar-refractivity contribution in [2.24, 2.45) is 50.7 Å². The van der Waals surface area contributed by atoms with E-state index in [1.165, 1.54) is 7.11 Å². The van der Waals surface area contributed by atoms with Crippen LogP contribution in [0.25, 0.3) is 0 Å². The number of hydrogen-bond donors (Lipinski definition) is 2. The van der Waals surface area contributed by atoms with E-state index in [1.807, 2.05) is 0 Å². The summed E-state index contributed by atoms with van der Waals surface area (Å²) >= 11 is 0. The van der Waals surface area contributed by atoms with Crippen LogP contribution in [0.15, 0.2) is 11.1 Å². The Morgan fingerprint density at radius 2 is 1.63 bits per heavy atom. The molecule has 0 saturated heterocycles. The third-order valence-corrected chi connectivity index (χ3v) is 13.8. The first-order valence-corrected chi connectivity index (χ1v) is 16.5. The van der Waals surface area contributed by atoms with Gasteiger partial charge in [0.2, 0.25) is 0 Å². The van der Waals surface area contributed by atoms with Crippen molar-refractivity contribution >= 4 is 17.9 Å². The second-order valence-corrected chi connectivity index (χ2v) is 16.1. The molecule has 0 aromatic heterocycles. The number of allylic oxidation sites excluding steroid dienone is 1. The number of carbonyl (C=O) groups excluding carboxylic acids is 3. The number of hydrogen-bond acceptors (Lipinski definition) is 8. The van der Waals surface area contributed by atoms with Crippen LogP contribution in [0.3, 0.4) is 0 Å². The standard InChI is InChI=1S/C35H54O8/c1-20(2)27-23(38)17-35(29(39)41-8)16-15-33(6)22(28(27)35)9-10-25-32(5)13-12-26(43-30(40)42-19-21(37)18-36)31(3,4)24(32)11-14-34(25,33)7/h20-22,24-26,36-37H,9-19H2,1-8H3. The van der Waals surface area contributed by atoms with Gasteiger partial charge in [-0.15, -0.1) is 0 Å². The van der Waals surface area contributed by atoms with Crippen LogP contribution in [0.1, 0.15) is 106 Å². The number of aliphatic hydroxyl groups excluding tert-OH is 2. The Balaban J connectivity index is 1.45. The molecule has 5 aliphatic carbocycles. The van der Waals surface area contributed by atoms with Crippen molar-refractivity contribution in [1.29, 1.82) is 0 Å². The van der Waals surface area contributed by atoms with Gasteiger partial charge < -0.3 is 24.4 Å². The van der Waals surface area contributed by atoms with Crippen molar-refractivity contribution in [3.8, 4) is 0 Å². The first-order chi connectivity index (χ1) is 20.0. The van der Waals surface area contributed by atoms with E-state index in [-0.39, 0.29) is 64.4 Å². The van der Waals surface area contributed by atoms with Gasteiger partial charge in [0.1, 0.15) is 18.8 Å². The summed E-state index contributed by atoms with van der Waals surface area (Å²) in [6.45, 7) is 15.3. The summed E-state index contributed by atoms with van der Waals surface area (Å²) in [7, 11) is 1.46. The fourth-order valence-corrected chi connectivity index (χ4v) is 11.6. The van der Waals surface area contributed by atoms with Crippen LogP contribution >= 0.6 is 0 Å². The number of esters is 1. The monoisotopic (exact) mass is 602 g/mol. The molecule has 43 heavy (non-hydrogen) atoms. The van der Waals surface area contributed by atoms with Gasteiger partial charge in [0, 0.05) is 11.8 Å². The molecule has 0 spiro atoms. The molecule has 0 aromatic rings. The molecule has 5 aliphatic rings. The second-order valence-electron chi connectivity index (χ2n) is 16.1. The minimum Gasteiger partial charge on any atom is -0.468 e. The van der Waals surface area contributed by atoms with Gasteiger partial charge in [-0.1, -0.05) is 48.5 Å². The Morgan fingerprint density at radius 1 is 0.930 bits per heavy atom. The Hall–Kier alpha value is -1.93. The van der Waals surface area contributed by atoms with Crippen LogP contribution in [0, 0.1) is 50.7 Å².